The zero-order valence-electron chi connectivity index (χ0n) is 10.3. The van der Waals surface area contributed by atoms with E-state index in [1.807, 2.05) is 6.92 Å². The van der Waals surface area contributed by atoms with Gasteiger partial charge in [0.2, 0.25) is 0 Å². The van der Waals surface area contributed by atoms with Gasteiger partial charge in [-0.15, -0.1) is 5.10 Å². The normalized spacial score (nSPS) is 19.5. The molecule has 7 nitrogen and oxygen atoms in total. The summed E-state index contributed by atoms with van der Waals surface area (Å²) in [4.78, 5) is 8.43. The fourth-order valence-corrected chi connectivity index (χ4v) is 2.15. The highest BCUT2D eigenvalue weighted by molar-refractivity contribution is 5.81. The largest absolute Gasteiger partial charge is 0.376 e. The number of nitrogens with zero attached hydrogens (tertiary/aromatic N) is 5. The topological polar surface area (TPSA) is 77.8 Å². The van der Waals surface area contributed by atoms with E-state index in [1.54, 1.807) is 4.68 Å². The van der Waals surface area contributed by atoms with Gasteiger partial charge in [0.05, 0.1) is 6.10 Å². The first-order chi connectivity index (χ1) is 8.88. The first-order valence-corrected chi connectivity index (χ1v) is 6.28. The molecule has 3 rings (SSSR count). The summed E-state index contributed by atoms with van der Waals surface area (Å²) >= 11 is 0. The summed E-state index contributed by atoms with van der Waals surface area (Å²) in [6.45, 7) is 4.37. The monoisotopic (exact) mass is 248 g/mol. The fraction of sp³-hybridized carbons (Fsp3) is 0.636. The van der Waals surface area contributed by atoms with Crippen molar-refractivity contribution in [1.82, 2.24) is 25.0 Å². The summed E-state index contributed by atoms with van der Waals surface area (Å²) in [6, 6.07) is 0. The Bertz CT molecular complexity index is 533. The minimum Gasteiger partial charge on any atom is -0.376 e. The first-order valence-electron chi connectivity index (χ1n) is 6.28. The minimum absolute atomic E-state index is 0.274. The molecule has 0 unspecified atom stereocenters. The maximum atomic E-state index is 5.57. The number of anilines is 1. The van der Waals surface area contributed by atoms with Gasteiger partial charge in [-0.2, -0.15) is 0 Å². The van der Waals surface area contributed by atoms with Gasteiger partial charge in [0.15, 0.2) is 17.0 Å². The van der Waals surface area contributed by atoms with Crippen molar-refractivity contribution < 1.29 is 4.74 Å². The summed E-state index contributed by atoms with van der Waals surface area (Å²) in [5.41, 5.74) is 1.49. The third-order valence-electron chi connectivity index (χ3n) is 3.12. The average molecular weight is 248 g/mol. The molecule has 7 heteroatoms. The van der Waals surface area contributed by atoms with Crippen molar-refractivity contribution in [3.05, 3.63) is 6.33 Å². The Hall–Kier alpha value is -1.76. The Kier molecular flexibility index (Phi) is 3.06. The van der Waals surface area contributed by atoms with Gasteiger partial charge in [0, 0.05) is 19.7 Å². The third-order valence-corrected chi connectivity index (χ3v) is 3.12. The number of hydrogen-bond donors (Lipinski definition) is 1. The number of ether oxygens (including phenoxy) is 1. The molecule has 1 aliphatic rings. The molecule has 1 aliphatic heterocycles. The Morgan fingerprint density at radius 3 is 3.22 bits per heavy atom. The Balaban J connectivity index is 1.80. The summed E-state index contributed by atoms with van der Waals surface area (Å²) in [5, 5.41) is 11.4. The summed E-state index contributed by atoms with van der Waals surface area (Å²) in [6.07, 6.45) is 4.05. The Morgan fingerprint density at radius 2 is 2.44 bits per heavy atom. The van der Waals surface area contributed by atoms with Crippen LogP contribution in [0.5, 0.6) is 0 Å². The number of rotatable bonds is 4. The molecule has 2 aromatic heterocycles. The maximum absolute atomic E-state index is 5.57. The predicted octanol–water partition coefficient (Wildman–Crippen LogP) is 0.832. The molecule has 0 radical (unpaired) electrons. The average Bonchev–Trinajstić information content (AvgIpc) is 3.05. The van der Waals surface area contributed by atoms with Crippen LogP contribution in [0.25, 0.3) is 11.2 Å². The van der Waals surface area contributed by atoms with Crippen molar-refractivity contribution >= 4 is 17.0 Å². The van der Waals surface area contributed by atoms with E-state index in [4.69, 9.17) is 4.74 Å². The van der Waals surface area contributed by atoms with Gasteiger partial charge in [-0.25, -0.2) is 14.6 Å². The molecular formula is C11H16N6O. The van der Waals surface area contributed by atoms with Crippen LogP contribution in [0.15, 0.2) is 6.33 Å². The second kappa shape index (κ2) is 4.85. The molecule has 0 saturated carbocycles. The molecule has 3 heterocycles. The number of hydrogen-bond acceptors (Lipinski definition) is 6. The maximum Gasteiger partial charge on any atom is 0.183 e. The van der Waals surface area contributed by atoms with Gasteiger partial charge in [-0.05, 0) is 19.8 Å². The Labute approximate surface area is 105 Å². The second-order valence-electron chi connectivity index (χ2n) is 4.32. The van der Waals surface area contributed by atoms with E-state index in [9.17, 15) is 0 Å². The van der Waals surface area contributed by atoms with Crippen molar-refractivity contribution in [2.24, 2.45) is 0 Å². The van der Waals surface area contributed by atoms with Gasteiger partial charge >= 0.3 is 0 Å². The summed E-state index contributed by atoms with van der Waals surface area (Å²) in [5.74, 6) is 0.732. The number of fused-ring (bicyclic) bond motifs is 1. The zero-order valence-corrected chi connectivity index (χ0v) is 10.3. The van der Waals surface area contributed by atoms with Crippen LogP contribution in [0.3, 0.4) is 0 Å². The number of aromatic nitrogens is 5. The molecule has 0 aliphatic carbocycles. The van der Waals surface area contributed by atoms with Gasteiger partial charge < -0.3 is 10.1 Å². The van der Waals surface area contributed by atoms with Crippen molar-refractivity contribution in [1.29, 1.82) is 0 Å². The van der Waals surface area contributed by atoms with Crippen molar-refractivity contribution in [3.63, 3.8) is 0 Å². The van der Waals surface area contributed by atoms with E-state index in [-0.39, 0.29) is 6.10 Å². The molecule has 1 fully saturated rings. The van der Waals surface area contributed by atoms with Crippen molar-refractivity contribution in [2.75, 3.05) is 18.5 Å². The van der Waals surface area contributed by atoms with E-state index in [1.165, 1.54) is 6.33 Å². The molecule has 0 bridgehead atoms. The SMILES string of the molecule is CCn1nnc2c(NC[C@@H]3CCCO3)ncnc21. The van der Waals surface area contributed by atoms with Gasteiger partial charge in [0.1, 0.15) is 6.33 Å². The van der Waals surface area contributed by atoms with E-state index >= 15 is 0 Å². The second-order valence-corrected chi connectivity index (χ2v) is 4.32. The highest BCUT2D eigenvalue weighted by atomic mass is 16.5. The van der Waals surface area contributed by atoms with Crippen LogP contribution in [0.4, 0.5) is 5.82 Å². The standard InChI is InChI=1S/C11H16N6O/c1-2-17-11-9(15-16-17)10(13-7-14-11)12-6-8-4-3-5-18-8/h7-8H,2-6H2,1H3,(H,12,13,14)/t8-/m0/s1. The van der Waals surface area contributed by atoms with E-state index in [0.717, 1.165) is 49.5 Å². The molecule has 1 atom stereocenters. The molecular weight excluding hydrogens is 232 g/mol. The van der Waals surface area contributed by atoms with E-state index in [0.29, 0.717) is 0 Å². The molecule has 1 saturated heterocycles. The lowest BCUT2D eigenvalue weighted by molar-refractivity contribution is 0.120. The van der Waals surface area contributed by atoms with Crippen molar-refractivity contribution in [3.8, 4) is 0 Å². The van der Waals surface area contributed by atoms with Crippen LogP contribution >= 0.6 is 0 Å². The van der Waals surface area contributed by atoms with Gasteiger partial charge in [0.25, 0.3) is 0 Å². The lowest BCUT2D eigenvalue weighted by Crippen LogP contribution is -2.19. The quantitative estimate of drug-likeness (QED) is 0.863. The van der Waals surface area contributed by atoms with Crippen molar-refractivity contribution in [2.45, 2.75) is 32.4 Å². The smallest absolute Gasteiger partial charge is 0.183 e. The zero-order chi connectivity index (χ0) is 12.4. The predicted molar refractivity (Wildman–Crippen MR) is 66.3 cm³/mol. The van der Waals surface area contributed by atoms with E-state index < -0.39 is 0 Å². The van der Waals surface area contributed by atoms with Crippen LogP contribution in [0, 0.1) is 0 Å². The van der Waals surface area contributed by atoms with E-state index in [2.05, 4.69) is 25.6 Å². The summed E-state index contributed by atoms with van der Waals surface area (Å²) < 4.78 is 7.32. The minimum atomic E-state index is 0.274. The Morgan fingerprint density at radius 1 is 1.50 bits per heavy atom. The highest BCUT2D eigenvalue weighted by Gasteiger charge is 2.17. The molecule has 18 heavy (non-hydrogen) atoms. The van der Waals surface area contributed by atoms with Gasteiger partial charge in [-0.1, -0.05) is 5.21 Å². The number of nitrogens with one attached hydrogen (secondary N) is 1. The first kappa shape index (κ1) is 11.3. The van der Waals surface area contributed by atoms with Crippen LogP contribution < -0.4 is 5.32 Å². The van der Waals surface area contributed by atoms with Crippen LogP contribution in [-0.4, -0.2) is 44.2 Å². The molecule has 0 aromatic carbocycles. The van der Waals surface area contributed by atoms with Gasteiger partial charge in [-0.3, -0.25) is 0 Å². The molecule has 2 aromatic rings. The van der Waals surface area contributed by atoms with Crippen LogP contribution in [-0.2, 0) is 11.3 Å². The summed E-state index contributed by atoms with van der Waals surface area (Å²) in [7, 11) is 0. The highest BCUT2D eigenvalue weighted by Crippen LogP contribution is 2.17. The van der Waals surface area contributed by atoms with Crippen LogP contribution in [0.2, 0.25) is 0 Å². The van der Waals surface area contributed by atoms with Crippen LogP contribution in [0.1, 0.15) is 19.8 Å². The molecule has 0 amide bonds. The molecule has 1 N–H and O–H groups in total. The number of aryl methyl sites for hydroxylation is 1. The third kappa shape index (κ3) is 2.01. The molecule has 0 spiro atoms. The molecule has 96 valence electrons. The lowest BCUT2D eigenvalue weighted by atomic mass is 10.2. The fourth-order valence-electron chi connectivity index (χ4n) is 2.15. The lowest BCUT2D eigenvalue weighted by Gasteiger charge is -2.10.